The van der Waals surface area contributed by atoms with Crippen LogP contribution in [0.15, 0.2) is 12.2 Å². The summed E-state index contributed by atoms with van der Waals surface area (Å²) in [5.74, 6) is -0.262. The van der Waals surface area contributed by atoms with Crippen molar-refractivity contribution in [3.63, 3.8) is 0 Å². The molecule has 13 heteroatoms. The Bertz CT molecular complexity index is 1030. The van der Waals surface area contributed by atoms with Crippen LogP contribution in [0.5, 0.6) is 0 Å². The van der Waals surface area contributed by atoms with Crippen LogP contribution in [0.4, 0.5) is 0 Å². The van der Waals surface area contributed by atoms with Crippen LogP contribution in [0.25, 0.3) is 0 Å². The number of unbranched alkanes of at least 4 members (excludes halogenated alkanes) is 24. The molecule has 0 radical (unpaired) electrons. The normalized spacial score (nSPS) is 21.8. The molecule has 2 unspecified atom stereocenters. The summed E-state index contributed by atoms with van der Waals surface area (Å²) in [5, 5.41) is 44.6. The number of nitrogens with one attached hydrogen (secondary N) is 1. The molecule has 0 aromatic carbocycles. The minimum atomic E-state index is -5.08. The average molecular weight is 794 g/mol. The largest absolute Gasteiger partial charge is 0.397 e. The Labute approximate surface area is 328 Å². The molecule has 1 heterocycles. The molecule has 0 bridgehead atoms. The third kappa shape index (κ3) is 25.9. The molecule has 54 heavy (non-hydrogen) atoms. The number of rotatable bonds is 36. The van der Waals surface area contributed by atoms with Crippen LogP contribution >= 0.6 is 0 Å². The zero-order valence-corrected chi connectivity index (χ0v) is 34.6. The van der Waals surface area contributed by atoms with Crippen LogP contribution in [-0.2, 0) is 28.9 Å². The third-order valence-corrected chi connectivity index (χ3v) is 10.8. The summed E-state index contributed by atoms with van der Waals surface area (Å²) in [4.78, 5) is 13.0. The molecule has 7 atom stereocenters. The lowest BCUT2D eigenvalue weighted by Crippen LogP contribution is -2.61. The Morgan fingerprint density at radius 2 is 1.17 bits per heavy atom. The van der Waals surface area contributed by atoms with Gasteiger partial charge in [-0.2, -0.15) is 8.42 Å². The lowest BCUT2D eigenvalue weighted by atomic mass is 9.99. The van der Waals surface area contributed by atoms with E-state index in [0.717, 1.165) is 38.5 Å². The van der Waals surface area contributed by atoms with E-state index in [-0.39, 0.29) is 18.9 Å². The molecule has 1 amide bonds. The van der Waals surface area contributed by atoms with Gasteiger partial charge in [-0.3, -0.25) is 9.35 Å². The highest BCUT2D eigenvalue weighted by Crippen LogP contribution is 2.26. The summed E-state index contributed by atoms with van der Waals surface area (Å²) in [7, 11) is -5.08. The van der Waals surface area contributed by atoms with Crippen molar-refractivity contribution in [3.8, 4) is 0 Å². The van der Waals surface area contributed by atoms with Crippen molar-refractivity contribution in [3.05, 3.63) is 12.2 Å². The van der Waals surface area contributed by atoms with Gasteiger partial charge in [0, 0.05) is 6.42 Å². The molecule has 12 nitrogen and oxygen atoms in total. The Morgan fingerprint density at radius 1 is 0.722 bits per heavy atom. The Morgan fingerprint density at radius 3 is 1.61 bits per heavy atom. The van der Waals surface area contributed by atoms with E-state index in [1.165, 1.54) is 122 Å². The lowest BCUT2D eigenvalue weighted by Gasteiger charge is -2.41. The van der Waals surface area contributed by atoms with Crippen molar-refractivity contribution < 1.29 is 51.8 Å². The van der Waals surface area contributed by atoms with Gasteiger partial charge in [-0.05, 0) is 19.3 Å². The smallest absolute Gasteiger partial charge is 0.394 e. The number of amides is 1. The number of ether oxygens (including phenoxy) is 2. The molecule has 1 fully saturated rings. The van der Waals surface area contributed by atoms with Crippen molar-refractivity contribution in [1.29, 1.82) is 0 Å². The number of hydrogen-bond acceptors (Lipinski definition) is 10. The van der Waals surface area contributed by atoms with Gasteiger partial charge < -0.3 is 35.2 Å². The Hall–Kier alpha value is -1.16. The second-order valence-electron chi connectivity index (χ2n) is 15.3. The minimum absolute atomic E-state index is 0.262. The maximum Gasteiger partial charge on any atom is 0.397 e. The molecule has 1 aliphatic heterocycles. The molecule has 1 saturated heterocycles. The van der Waals surface area contributed by atoms with E-state index in [9.17, 15) is 33.6 Å². The molecule has 0 aliphatic carbocycles. The van der Waals surface area contributed by atoms with Crippen molar-refractivity contribution in [2.24, 2.45) is 0 Å². The quantitative estimate of drug-likeness (QED) is 0.0208. The van der Waals surface area contributed by atoms with Gasteiger partial charge in [0.05, 0.1) is 25.4 Å². The van der Waals surface area contributed by atoms with E-state index >= 15 is 0 Å². The highest BCUT2D eigenvalue weighted by molar-refractivity contribution is 7.80. The lowest BCUT2D eigenvalue weighted by molar-refractivity contribution is -0.298. The van der Waals surface area contributed by atoms with Crippen LogP contribution < -0.4 is 5.32 Å². The number of aliphatic hydroxyl groups is 4. The molecule has 0 spiro atoms. The van der Waals surface area contributed by atoms with Gasteiger partial charge >= 0.3 is 10.4 Å². The van der Waals surface area contributed by atoms with Crippen molar-refractivity contribution in [2.45, 2.75) is 230 Å². The van der Waals surface area contributed by atoms with Crippen molar-refractivity contribution in [2.75, 3.05) is 13.2 Å². The predicted octanol–water partition coefficient (Wildman–Crippen LogP) is 7.60. The van der Waals surface area contributed by atoms with Gasteiger partial charge in [0.1, 0.15) is 24.4 Å². The summed E-state index contributed by atoms with van der Waals surface area (Å²) in [6.07, 6.45) is 25.3. The molecule has 6 N–H and O–H groups in total. The molecule has 1 rings (SSSR count). The molecule has 0 saturated carbocycles. The highest BCUT2D eigenvalue weighted by atomic mass is 32.3. The maximum atomic E-state index is 13.0. The fourth-order valence-electron chi connectivity index (χ4n) is 6.92. The number of carbonyl (C=O) groups excluding carboxylic acids is 1. The molecule has 320 valence electrons. The van der Waals surface area contributed by atoms with Gasteiger partial charge in [0.15, 0.2) is 6.29 Å². The van der Waals surface area contributed by atoms with Gasteiger partial charge in [0.2, 0.25) is 5.91 Å². The number of carbonyl (C=O) groups is 1. The van der Waals surface area contributed by atoms with Crippen LogP contribution in [0.1, 0.15) is 187 Å². The second-order valence-corrected chi connectivity index (χ2v) is 16.3. The standard InChI is InChI=1S/C41H79NO11S/c1-3-5-7-9-11-13-15-17-19-21-23-25-27-29-31-37(45)42-34(35(44)30-28-26-24-22-20-18-16-14-12-10-8-6-4-2)33-51-41-39(47)40(53-54(48,49)50)38(46)36(32-43)52-41/h28,30,34-36,38-41,43-44,46-47H,3-27,29,31-33H2,1-2H3,(H,42,45)(H,48,49,50)/b30-28+/t34-,35+,36?,38-,39?,40-,41+/m0/s1. The van der Waals surface area contributed by atoms with Crippen LogP contribution in [0, 0.1) is 0 Å². The number of aliphatic hydroxyl groups excluding tert-OH is 4. The van der Waals surface area contributed by atoms with Gasteiger partial charge in [-0.25, -0.2) is 4.18 Å². The van der Waals surface area contributed by atoms with Gasteiger partial charge in [-0.15, -0.1) is 0 Å². The number of hydrogen-bond donors (Lipinski definition) is 6. The van der Waals surface area contributed by atoms with Crippen molar-refractivity contribution >= 4 is 16.3 Å². The summed E-state index contributed by atoms with van der Waals surface area (Å²) in [6.45, 7) is 3.37. The van der Waals surface area contributed by atoms with E-state index in [1.54, 1.807) is 6.08 Å². The Kier molecular flexibility index (Phi) is 31.0. The molecular weight excluding hydrogens is 715 g/mol. The third-order valence-electron chi connectivity index (χ3n) is 10.3. The molecule has 0 aromatic rings. The first kappa shape index (κ1) is 50.9. The summed E-state index contributed by atoms with van der Waals surface area (Å²) in [6, 6.07) is -0.936. The van der Waals surface area contributed by atoms with Crippen molar-refractivity contribution in [1.82, 2.24) is 5.32 Å². The molecular formula is C41H79NO11S. The topological polar surface area (TPSA) is 192 Å². The highest BCUT2D eigenvalue weighted by Gasteiger charge is 2.48. The zero-order chi connectivity index (χ0) is 39.9. The summed E-state index contributed by atoms with van der Waals surface area (Å²) in [5.41, 5.74) is 0. The van der Waals surface area contributed by atoms with Crippen LogP contribution in [-0.4, -0.2) is 95.4 Å². The average Bonchev–Trinajstić information content (AvgIpc) is 3.14. The van der Waals surface area contributed by atoms with E-state index in [2.05, 4.69) is 23.3 Å². The fourth-order valence-corrected chi connectivity index (χ4v) is 7.43. The monoisotopic (exact) mass is 794 g/mol. The molecule has 0 aromatic heterocycles. The Balaban J connectivity index is 2.57. The van der Waals surface area contributed by atoms with Gasteiger partial charge in [0.25, 0.3) is 0 Å². The van der Waals surface area contributed by atoms with Gasteiger partial charge in [-0.1, -0.05) is 174 Å². The first-order valence-corrected chi connectivity index (χ1v) is 22.9. The minimum Gasteiger partial charge on any atom is -0.394 e. The first-order chi connectivity index (χ1) is 26.0. The fraction of sp³-hybridized carbons (Fsp3) is 0.927. The predicted molar refractivity (Wildman–Crippen MR) is 213 cm³/mol. The zero-order valence-electron chi connectivity index (χ0n) is 33.8. The van der Waals surface area contributed by atoms with E-state index < -0.39 is 59.9 Å². The summed E-state index contributed by atoms with van der Waals surface area (Å²) < 4.78 is 47.5. The molecule has 1 aliphatic rings. The second kappa shape index (κ2) is 32.9. The maximum absolute atomic E-state index is 13.0. The number of allylic oxidation sites excluding steroid dienone is 1. The van der Waals surface area contributed by atoms with E-state index in [1.807, 2.05) is 6.08 Å². The summed E-state index contributed by atoms with van der Waals surface area (Å²) >= 11 is 0. The SMILES string of the molecule is CCCCCCCCCCCCC/C=C/[C@@H](O)[C@H](CO[C@@H]1OC(CO)[C@H](O)[C@H](OS(=O)(=O)O)C1O)NC(=O)CCCCCCCCCCCCCCCC. The van der Waals surface area contributed by atoms with Crippen LogP contribution in [0.3, 0.4) is 0 Å². The van der Waals surface area contributed by atoms with Crippen LogP contribution in [0.2, 0.25) is 0 Å². The first-order valence-electron chi connectivity index (χ1n) is 21.6. The van der Waals surface area contributed by atoms with E-state index in [0.29, 0.717) is 6.42 Å². The van der Waals surface area contributed by atoms with E-state index in [4.69, 9.17) is 14.0 Å².